The fraction of sp³-hybridized carbons (Fsp3) is 0.250. The van der Waals surface area contributed by atoms with E-state index in [4.69, 9.17) is 13.6 Å². The lowest BCUT2D eigenvalue weighted by molar-refractivity contribution is 0.304. The third kappa shape index (κ3) is 5.25. The molecule has 5 aromatic rings. The molecule has 2 aromatic heterocycles. The molecule has 200 valence electrons. The number of fused-ring (bicyclic) bond motifs is 2. The van der Waals surface area contributed by atoms with Crippen LogP contribution in [0.1, 0.15) is 61.6 Å². The predicted octanol–water partition coefficient (Wildman–Crippen LogP) is 6.84. The summed E-state index contributed by atoms with van der Waals surface area (Å²) in [4.78, 5) is 26.6. The van der Waals surface area contributed by atoms with E-state index in [-0.39, 0.29) is 33.8 Å². The van der Waals surface area contributed by atoms with Crippen LogP contribution < -0.4 is 16.0 Å². The van der Waals surface area contributed by atoms with E-state index in [1.165, 1.54) is 19.3 Å². The molecule has 0 radical (unpaired) electrons. The van der Waals surface area contributed by atoms with Gasteiger partial charge in [-0.3, -0.25) is 0 Å². The van der Waals surface area contributed by atoms with Crippen molar-refractivity contribution >= 4 is 21.9 Å². The minimum atomic E-state index is -1.17. The molecule has 39 heavy (non-hydrogen) atoms. The van der Waals surface area contributed by atoms with Crippen LogP contribution in [0.4, 0.5) is 0 Å². The zero-order valence-corrected chi connectivity index (χ0v) is 21.7. The normalized spacial score (nSPS) is 11.4. The van der Waals surface area contributed by atoms with Gasteiger partial charge in [0.15, 0.2) is 0 Å². The Kier molecular flexibility index (Phi) is 7.68. The summed E-state index contributed by atoms with van der Waals surface area (Å²) in [7, 11) is 0. The van der Waals surface area contributed by atoms with E-state index in [1.807, 2.05) is 0 Å². The van der Waals surface area contributed by atoms with Gasteiger partial charge in [0.05, 0.1) is 34.4 Å². The van der Waals surface area contributed by atoms with Crippen LogP contribution in [0.5, 0.6) is 17.2 Å². The Hall–Kier alpha value is -4.52. The van der Waals surface area contributed by atoms with Crippen LogP contribution in [-0.4, -0.2) is 16.8 Å². The molecule has 2 heterocycles. The van der Waals surface area contributed by atoms with Crippen molar-refractivity contribution in [3.8, 4) is 17.2 Å². The standard InChI is InChI=1S/C32H30O7/c1-2-3-4-5-10-19-37-21-17-15-20(16-18-21)26(27-29(33)22-11-6-8-13-24(22)38-31(27)35)28-30(34)23-12-7-9-14-25(23)39-32(28)36/h6-9,11-18,26,33-34H,2-5,10,19H2,1H3. The van der Waals surface area contributed by atoms with Gasteiger partial charge in [-0.25, -0.2) is 9.59 Å². The van der Waals surface area contributed by atoms with Crippen molar-refractivity contribution in [2.24, 2.45) is 0 Å². The van der Waals surface area contributed by atoms with E-state index in [0.29, 0.717) is 28.7 Å². The van der Waals surface area contributed by atoms with Gasteiger partial charge in [-0.15, -0.1) is 0 Å². The largest absolute Gasteiger partial charge is 0.507 e. The number of benzene rings is 3. The zero-order chi connectivity index (χ0) is 27.4. The zero-order valence-electron chi connectivity index (χ0n) is 21.7. The van der Waals surface area contributed by atoms with Crippen LogP contribution in [0.3, 0.4) is 0 Å². The predicted molar refractivity (Wildman–Crippen MR) is 150 cm³/mol. The highest BCUT2D eigenvalue weighted by atomic mass is 16.5. The third-order valence-electron chi connectivity index (χ3n) is 6.95. The van der Waals surface area contributed by atoms with Gasteiger partial charge in [0.25, 0.3) is 0 Å². The quantitative estimate of drug-likeness (QED) is 0.151. The van der Waals surface area contributed by atoms with Crippen LogP contribution in [0.25, 0.3) is 21.9 Å². The lowest BCUT2D eigenvalue weighted by Gasteiger charge is -2.20. The Balaban J connectivity index is 1.61. The van der Waals surface area contributed by atoms with Gasteiger partial charge in [0.2, 0.25) is 0 Å². The van der Waals surface area contributed by atoms with E-state index in [2.05, 4.69) is 6.92 Å². The lowest BCUT2D eigenvalue weighted by atomic mass is 9.84. The molecule has 0 aliphatic heterocycles. The first kappa shape index (κ1) is 26.1. The van der Waals surface area contributed by atoms with Crippen LogP contribution in [0.15, 0.2) is 91.2 Å². The van der Waals surface area contributed by atoms with Gasteiger partial charge in [-0.05, 0) is 48.4 Å². The fourth-order valence-electron chi connectivity index (χ4n) is 4.93. The number of hydrogen-bond acceptors (Lipinski definition) is 7. The van der Waals surface area contributed by atoms with Crippen molar-refractivity contribution < 1.29 is 23.8 Å². The maximum atomic E-state index is 13.3. The van der Waals surface area contributed by atoms with Crippen LogP contribution in [-0.2, 0) is 0 Å². The van der Waals surface area contributed by atoms with E-state index in [0.717, 1.165) is 12.8 Å². The van der Waals surface area contributed by atoms with Gasteiger partial charge in [-0.2, -0.15) is 0 Å². The van der Waals surface area contributed by atoms with Crippen LogP contribution in [0, 0.1) is 0 Å². The number of para-hydroxylation sites is 2. The Morgan fingerprint density at radius 1 is 0.692 bits per heavy atom. The first-order chi connectivity index (χ1) is 19.0. The molecule has 3 aromatic carbocycles. The average molecular weight is 527 g/mol. The summed E-state index contributed by atoms with van der Waals surface area (Å²) in [5.74, 6) is -1.19. The number of rotatable bonds is 10. The molecule has 0 unspecified atom stereocenters. The minimum absolute atomic E-state index is 0.170. The lowest BCUT2D eigenvalue weighted by Crippen LogP contribution is -2.21. The van der Waals surface area contributed by atoms with Crippen molar-refractivity contribution in [2.75, 3.05) is 6.61 Å². The fourth-order valence-corrected chi connectivity index (χ4v) is 4.93. The molecule has 7 nitrogen and oxygen atoms in total. The molecule has 0 aliphatic rings. The smallest absolute Gasteiger partial charge is 0.344 e. The highest BCUT2D eigenvalue weighted by molar-refractivity contribution is 5.86. The maximum Gasteiger partial charge on any atom is 0.344 e. The number of hydrogen-bond donors (Lipinski definition) is 2. The summed E-state index contributed by atoms with van der Waals surface area (Å²) in [6, 6.07) is 20.1. The second kappa shape index (κ2) is 11.5. The molecule has 2 N–H and O–H groups in total. The highest BCUT2D eigenvalue weighted by Gasteiger charge is 2.32. The van der Waals surface area contributed by atoms with Gasteiger partial charge in [0.1, 0.15) is 28.4 Å². The first-order valence-corrected chi connectivity index (χ1v) is 13.2. The van der Waals surface area contributed by atoms with Gasteiger partial charge in [0, 0.05) is 0 Å². The monoisotopic (exact) mass is 526 g/mol. The van der Waals surface area contributed by atoms with Crippen molar-refractivity contribution in [3.05, 3.63) is 110 Å². The van der Waals surface area contributed by atoms with Gasteiger partial charge >= 0.3 is 11.3 Å². The molecular formula is C32H30O7. The molecular weight excluding hydrogens is 496 g/mol. The summed E-state index contributed by atoms with van der Waals surface area (Å²) in [5.41, 5.74) is -1.10. The molecule has 0 fully saturated rings. The topological polar surface area (TPSA) is 110 Å². The Morgan fingerprint density at radius 3 is 1.74 bits per heavy atom. The third-order valence-corrected chi connectivity index (χ3v) is 6.95. The molecule has 0 saturated heterocycles. The second-order valence-electron chi connectivity index (χ2n) is 9.56. The van der Waals surface area contributed by atoms with Gasteiger partial charge < -0.3 is 23.8 Å². The highest BCUT2D eigenvalue weighted by Crippen LogP contribution is 2.42. The van der Waals surface area contributed by atoms with Crippen molar-refractivity contribution in [3.63, 3.8) is 0 Å². The molecule has 7 heteroatoms. The Bertz CT molecular complexity index is 1610. The van der Waals surface area contributed by atoms with Crippen molar-refractivity contribution in [1.29, 1.82) is 0 Å². The number of aromatic hydroxyl groups is 2. The van der Waals surface area contributed by atoms with Crippen LogP contribution in [0.2, 0.25) is 0 Å². The van der Waals surface area contributed by atoms with Gasteiger partial charge in [-0.1, -0.05) is 69.0 Å². The summed E-state index contributed by atoms with van der Waals surface area (Å²) in [6.45, 7) is 2.75. The van der Waals surface area contributed by atoms with E-state index >= 15 is 0 Å². The Labute approximate surface area is 224 Å². The summed E-state index contributed by atoms with van der Waals surface area (Å²) in [5, 5.41) is 23.2. The molecule has 0 bridgehead atoms. The molecule has 0 aliphatic carbocycles. The SMILES string of the molecule is CCCCCCCOc1ccc(C(c2c(O)c3ccccc3oc2=O)c2c(O)c3ccccc3oc2=O)cc1. The Morgan fingerprint density at radius 2 is 1.21 bits per heavy atom. The minimum Gasteiger partial charge on any atom is -0.507 e. The van der Waals surface area contributed by atoms with E-state index in [1.54, 1.807) is 72.8 Å². The van der Waals surface area contributed by atoms with Crippen molar-refractivity contribution in [1.82, 2.24) is 0 Å². The van der Waals surface area contributed by atoms with Crippen molar-refractivity contribution in [2.45, 2.75) is 44.9 Å². The number of unbranched alkanes of at least 4 members (excludes halogenated alkanes) is 4. The molecule has 0 amide bonds. The van der Waals surface area contributed by atoms with E-state index in [9.17, 15) is 19.8 Å². The average Bonchev–Trinajstić information content (AvgIpc) is 2.94. The molecule has 0 saturated carbocycles. The molecule has 0 atom stereocenters. The first-order valence-electron chi connectivity index (χ1n) is 13.2. The molecule has 5 rings (SSSR count). The summed E-state index contributed by atoms with van der Waals surface area (Å²) < 4.78 is 16.9. The van der Waals surface area contributed by atoms with Crippen LogP contribution >= 0.6 is 0 Å². The maximum absolute atomic E-state index is 13.3. The summed E-state index contributed by atoms with van der Waals surface area (Å²) >= 11 is 0. The summed E-state index contributed by atoms with van der Waals surface area (Å²) in [6.07, 6.45) is 5.61. The number of ether oxygens (including phenoxy) is 1. The second-order valence-corrected chi connectivity index (χ2v) is 9.56. The van der Waals surface area contributed by atoms with E-state index < -0.39 is 17.2 Å². The molecule has 0 spiro atoms.